The summed E-state index contributed by atoms with van der Waals surface area (Å²) in [6, 6.07) is 7.89. The van der Waals surface area contributed by atoms with Gasteiger partial charge in [-0.2, -0.15) is 0 Å². The zero-order chi connectivity index (χ0) is 13.1. The maximum Gasteiger partial charge on any atom is 0.185 e. The summed E-state index contributed by atoms with van der Waals surface area (Å²) < 4.78 is 0. The van der Waals surface area contributed by atoms with Crippen molar-refractivity contribution in [1.82, 2.24) is 0 Å². The number of carbonyl (C=O) groups excluding carboxylic acids is 1. The molecule has 2 aromatic rings. The maximum atomic E-state index is 12.0. The molecule has 0 amide bonds. The number of thiophene rings is 1. The van der Waals surface area contributed by atoms with Gasteiger partial charge in [-0.05, 0) is 67.1 Å². The highest BCUT2D eigenvalue weighted by atomic mass is 32.1. The number of aryl methyl sites for hydroxylation is 3. The van der Waals surface area contributed by atoms with Gasteiger partial charge in [-0.1, -0.05) is 12.1 Å². The molecular weight excluding hydrogens is 240 g/mol. The molecule has 0 unspecified atom stereocenters. The van der Waals surface area contributed by atoms with Crippen molar-refractivity contribution < 1.29 is 4.79 Å². The summed E-state index contributed by atoms with van der Waals surface area (Å²) >= 11 is 1.65. The first-order chi connectivity index (χ1) is 8.58. The Balaban J connectivity index is 2.20. The van der Waals surface area contributed by atoms with Crippen LogP contribution in [-0.4, -0.2) is 5.78 Å². The Labute approximate surface area is 112 Å². The molecule has 0 saturated carbocycles. The van der Waals surface area contributed by atoms with E-state index < -0.39 is 0 Å². The summed E-state index contributed by atoms with van der Waals surface area (Å²) in [6.45, 7) is 6.13. The second-order valence-corrected chi connectivity index (χ2v) is 5.41. The number of benzene rings is 1. The lowest BCUT2D eigenvalue weighted by Gasteiger charge is -2.01. The van der Waals surface area contributed by atoms with Crippen LogP contribution in [0.2, 0.25) is 0 Å². The lowest BCUT2D eigenvalue weighted by Crippen LogP contribution is -1.95. The minimum Gasteiger partial charge on any atom is -0.289 e. The summed E-state index contributed by atoms with van der Waals surface area (Å²) in [5.41, 5.74) is 4.33. The minimum absolute atomic E-state index is 0.0610. The fourth-order valence-electron chi connectivity index (χ4n) is 1.70. The molecule has 1 heterocycles. The van der Waals surface area contributed by atoms with Gasteiger partial charge in [0.25, 0.3) is 0 Å². The minimum atomic E-state index is 0.0610. The van der Waals surface area contributed by atoms with Crippen LogP contribution in [0.1, 0.15) is 31.9 Å². The molecule has 0 N–H and O–H groups in total. The number of ketones is 1. The Morgan fingerprint density at radius 3 is 2.44 bits per heavy atom. The molecule has 0 aliphatic heterocycles. The van der Waals surface area contributed by atoms with Gasteiger partial charge < -0.3 is 0 Å². The molecule has 2 rings (SSSR count). The standard InChI is InChI=1S/C16H16OS/c1-11-4-5-14(10-13(11)3)15(17)6-7-16-12(2)8-9-18-16/h4-10H,1-3H3/b7-6+. The molecule has 0 saturated heterocycles. The van der Waals surface area contributed by atoms with Crippen molar-refractivity contribution in [2.24, 2.45) is 0 Å². The predicted molar refractivity (Wildman–Crippen MR) is 78.3 cm³/mol. The fourth-order valence-corrected chi connectivity index (χ4v) is 2.52. The van der Waals surface area contributed by atoms with Gasteiger partial charge in [0, 0.05) is 10.4 Å². The van der Waals surface area contributed by atoms with Crippen molar-refractivity contribution in [1.29, 1.82) is 0 Å². The first kappa shape index (κ1) is 12.8. The van der Waals surface area contributed by atoms with Gasteiger partial charge in [-0.25, -0.2) is 0 Å². The third kappa shape index (κ3) is 2.77. The highest BCUT2D eigenvalue weighted by molar-refractivity contribution is 7.11. The van der Waals surface area contributed by atoms with E-state index in [2.05, 4.69) is 19.9 Å². The van der Waals surface area contributed by atoms with E-state index in [0.29, 0.717) is 0 Å². The summed E-state index contributed by atoms with van der Waals surface area (Å²) in [7, 11) is 0. The smallest absolute Gasteiger partial charge is 0.185 e. The highest BCUT2D eigenvalue weighted by Gasteiger charge is 2.03. The van der Waals surface area contributed by atoms with Gasteiger partial charge >= 0.3 is 0 Å². The van der Waals surface area contributed by atoms with Crippen molar-refractivity contribution in [3.05, 3.63) is 62.9 Å². The van der Waals surface area contributed by atoms with Crippen LogP contribution >= 0.6 is 11.3 Å². The highest BCUT2D eigenvalue weighted by Crippen LogP contribution is 2.18. The van der Waals surface area contributed by atoms with E-state index in [1.165, 1.54) is 11.1 Å². The van der Waals surface area contributed by atoms with Crippen LogP contribution in [0, 0.1) is 20.8 Å². The van der Waals surface area contributed by atoms with Gasteiger partial charge in [0.15, 0.2) is 5.78 Å². The molecule has 1 nitrogen and oxygen atoms in total. The summed E-state index contributed by atoms with van der Waals surface area (Å²) in [5, 5.41) is 2.04. The summed E-state index contributed by atoms with van der Waals surface area (Å²) in [6.07, 6.45) is 3.56. The first-order valence-corrected chi connectivity index (χ1v) is 6.79. The Morgan fingerprint density at radius 2 is 1.83 bits per heavy atom. The van der Waals surface area contributed by atoms with Gasteiger partial charge in [0.2, 0.25) is 0 Å². The van der Waals surface area contributed by atoms with E-state index >= 15 is 0 Å². The molecule has 0 aliphatic carbocycles. The Morgan fingerprint density at radius 1 is 1.06 bits per heavy atom. The van der Waals surface area contributed by atoms with E-state index in [-0.39, 0.29) is 5.78 Å². The third-order valence-corrected chi connectivity index (χ3v) is 4.06. The topological polar surface area (TPSA) is 17.1 Å². The number of hydrogen-bond donors (Lipinski definition) is 0. The molecular formula is C16H16OS. The van der Waals surface area contributed by atoms with Crippen molar-refractivity contribution in [2.45, 2.75) is 20.8 Å². The fraction of sp³-hybridized carbons (Fsp3) is 0.188. The van der Waals surface area contributed by atoms with Crippen LogP contribution in [0.4, 0.5) is 0 Å². The van der Waals surface area contributed by atoms with Crippen LogP contribution in [0.15, 0.2) is 35.7 Å². The van der Waals surface area contributed by atoms with E-state index in [4.69, 9.17) is 0 Å². The van der Waals surface area contributed by atoms with Crippen molar-refractivity contribution in [3.63, 3.8) is 0 Å². The number of allylic oxidation sites excluding steroid dienone is 1. The van der Waals surface area contributed by atoms with Gasteiger partial charge in [-0.3, -0.25) is 4.79 Å². The molecule has 92 valence electrons. The molecule has 18 heavy (non-hydrogen) atoms. The van der Waals surface area contributed by atoms with Gasteiger partial charge in [0.1, 0.15) is 0 Å². The number of carbonyl (C=O) groups is 1. The zero-order valence-corrected chi connectivity index (χ0v) is 11.7. The lowest BCUT2D eigenvalue weighted by molar-refractivity contribution is 0.104. The average Bonchev–Trinajstić information content (AvgIpc) is 2.75. The average molecular weight is 256 g/mol. The van der Waals surface area contributed by atoms with Gasteiger partial charge in [0.05, 0.1) is 0 Å². The van der Waals surface area contributed by atoms with Gasteiger partial charge in [-0.15, -0.1) is 11.3 Å². The van der Waals surface area contributed by atoms with E-state index in [0.717, 1.165) is 16.0 Å². The van der Waals surface area contributed by atoms with Crippen molar-refractivity contribution >= 4 is 23.2 Å². The summed E-state index contributed by atoms with van der Waals surface area (Å²) in [4.78, 5) is 13.2. The van der Waals surface area contributed by atoms with Crippen LogP contribution in [0.5, 0.6) is 0 Å². The quantitative estimate of drug-likeness (QED) is 0.580. The Hall–Kier alpha value is -1.67. The second-order valence-electron chi connectivity index (χ2n) is 4.46. The van der Waals surface area contributed by atoms with E-state index in [9.17, 15) is 4.79 Å². The molecule has 0 aliphatic rings. The van der Waals surface area contributed by atoms with Crippen LogP contribution in [-0.2, 0) is 0 Å². The SMILES string of the molecule is Cc1ccc(C(=O)/C=C/c2sccc2C)cc1C. The van der Waals surface area contributed by atoms with Crippen molar-refractivity contribution in [2.75, 3.05) is 0 Å². The Bertz CT molecular complexity index is 605. The third-order valence-electron chi connectivity index (χ3n) is 3.08. The summed E-state index contributed by atoms with van der Waals surface area (Å²) in [5.74, 6) is 0.0610. The molecule has 0 bridgehead atoms. The molecule has 2 heteroatoms. The normalized spacial score (nSPS) is 11.1. The lowest BCUT2D eigenvalue weighted by atomic mass is 10.0. The van der Waals surface area contributed by atoms with E-state index in [1.807, 2.05) is 36.6 Å². The maximum absolute atomic E-state index is 12.0. The van der Waals surface area contributed by atoms with Crippen LogP contribution in [0.25, 0.3) is 6.08 Å². The Kier molecular flexibility index (Phi) is 3.78. The van der Waals surface area contributed by atoms with Crippen molar-refractivity contribution in [3.8, 4) is 0 Å². The predicted octanol–water partition coefficient (Wildman–Crippen LogP) is 4.57. The molecule has 0 radical (unpaired) electrons. The molecule has 1 aromatic heterocycles. The zero-order valence-electron chi connectivity index (χ0n) is 10.9. The largest absolute Gasteiger partial charge is 0.289 e. The molecule has 0 spiro atoms. The number of hydrogen-bond acceptors (Lipinski definition) is 2. The monoisotopic (exact) mass is 256 g/mol. The molecule has 0 fully saturated rings. The number of rotatable bonds is 3. The second kappa shape index (κ2) is 5.32. The van der Waals surface area contributed by atoms with E-state index in [1.54, 1.807) is 17.4 Å². The van der Waals surface area contributed by atoms with Crippen LogP contribution < -0.4 is 0 Å². The molecule has 1 aromatic carbocycles. The van der Waals surface area contributed by atoms with Crippen LogP contribution in [0.3, 0.4) is 0 Å². The first-order valence-electron chi connectivity index (χ1n) is 5.91. The molecule has 0 atom stereocenters.